The van der Waals surface area contributed by atoms with Gasteiger partial charge in [-0.2, -0.15) is 0 Å². The highest BCUT2D eigenvalue weighted by Crippen LogP contribution is 2.34. The minimum Gasteiger partial charge on any atom is -0.379 e. The van der Waals surface area contributed by atoms with Crippen molar-refractivity contribution >= 4 is 5.91 Å². The molecule has 1 amide bonds. The van der Waals surface area contributed by atoms with Crippen molar-refractivity contribution in [3.8, 4) is 0 Å². The van der Waals surface area contributed by atoms with Gasteiger partial charge in [-0.25, -0.2) is 4.39 Å². The summed E-state index contributed by atoms with van der Waals surface area (Å²) < 4.78 is 30.8. The van der Waals surface area contributed by atoms with Crippen LogP contribution in [0, 0.1) is 5.82 Å². The number of hydrogen-bond acceptors (Lipinski definition) is 4. The number of hydrogen-bond donors (Lipinski definition) is 0. The number of amides is 1. The fraction of sp³-hybridized carbons (Fsp3) is 0.588. The second-order valence-electron chi connectivity index (χ2n) is 6.01. The van der Waals surface area contributed by atoms with Gasteiger partial charge >= 0.3 is 0 Å². The molecule has 0 aliphatic carbocycles. The average molecular weight is 323 g/mol. The lowest BCUT2D eigenvalue weighted by Crippen LogP contribution is -2.60. The third-order valence-corrected chi connectivity index (χ3v) is 4.46. The lowest BCUT2D eigenvalue weighted by atomic mass is 9.92. The zero-order valence-corrected chi connectivity index (χ0v) is 13.3. The third kappa shape index (κ3) is 3.24. The maximum Gasteiger partial charge on any atom is 0.257 e. The highest BCUT2D eigenvalue weighted by atomic mass is 19.1. The predicted molar refractivity (Wildman–Crippen MR) is 81.8 cm³/mol. The number of carbonyl (C=O) groups excluding carboxylic acids is 1. The Morgan fingerprint density at radius 2 is 2.26 bits per heavy atom. The van der Waals surface area contributed by atoms with Gasteiger partial charge in [0.25, 0.3) is 5.91 Å². The molecule has 0 unspecified atom stereocenters. The lowest BCUT2D eigenvalue weighted by molar-refractivity contribution is -0.0560. The summed E-state index contributed by atoms with van der Waals surface area (Å²) in [4.78, 5) is 14.6. The molecule has 23 heavy (non-hydrogen) atoms. The summed E-state index contributed by atoms with van der Waals surface area (Å²) in [5, 5.41) is 0. The first-order valence-electron chi connectivity index (χ1n) is 8.00. The molecule has 3 rings (SSSR count). The van der Waals surface area contributed by atoms with E-state index in [0.29, 0.717) is 46.0 Å². The van der Waals surface area contributed by atoms with E-state index in [4.69, 9.17) is 14.2 Å². The summed E-state index contributed by atoms with van der Waals surface area (Å²) in [6.45, 7) is 4.76. The number of nitrogens with zero attached hydrogens (tertiary/aromatic N) is 1. The Morgan fingerprint density at radius 3 is 3.04 bits per heavy atom. The van der Waals surface area contributed by atoms with Crippen LogP contribution in [0.2, 0.25) is 0 Å². The summed E-state index contributed by atoms with van der Waals surface area (Å²) in [7, 11) is 0. The topological polar surface area (TPSA) is 48.0 Å². The third-order valence-electron chi connectivity index (χ3n) is 4.46. The molecule has 6 heteroatoms. The van der Waals surface area contributed by atoms with E-state index in [1.54, 1.807) is 17.0 Å². The monoisotopic (exact) mass is 323 g/mol. The highest BCUT2D eigenvalue weighted by molar-refractivity contribution is 5.95. The van der Waals surface area contributed by atoms with E-state index >= 15 is 0 Å². The van der Waals surface area contributed by atoms with Gasteiger partial charge in [0.05, 0.1) is 43.6 Å². The Morgan fingerprint density at radius 1 is 1.43 bits per heavy atom. The van der Waals surface area contributed by atoms with Crippen LogP contribution in [0.4, 0.5) is 4.39 Å². The van der Waals surface area contributed by atoms with Crippen molar-refractivity contribution in [1.29, 1.82) is 0 Å². The van der Waals surface area contributed by atoms with Gasteiger partial charge in [-0.1, -0.05) is 12.1 Å². The number of halogens is 1. The molecule has 126 valence electrons. The Labute approximate surface area is 135 Å². The summed E-state index contributed by atoms with van der Waals surface area (Å²) in [5.74, 6) is -0.795. The number of benzene rings is 1. The molecule has 2 atom stereocenters. The van der Waals surface area contributed by atoms with Crippen molar-refractivity contribution < 1.29 is 23.4 Å². The Kier molecular flexibility index (Phi) is 4.94. The standard InChI is InChI=1S/C17H22FNO4/c1-2-21-10-13-9-17(12-23-13)11-22-8-7-19(17)16(20)14-5-3-4-6-15(14)18/h3-6,13H,2,7-12H2,1H3/t13-,17+/m0/s1. The normalized spacial score (nSPS) is 27.6. The summed E-state index contributed by atoms with van der Waals surface area (Å²) >= 11 is 0. The van der Waals surface area contributed by atoms with Gasteiger partial charge < -0.3 is 19.1 Å². The number of morpholine rings is 1. The number of carbonyl (C=O) groups is 1. The van der Waals surface area contributed by atoms with Gasteiger partial charge in [0.1, 0.15) is 5.82 Å². The Hall–Kier alpha value is -1.50. The van der Waals surface area contributed by atoms with Crippen LogP contribution in [0.3, 0.4) is 0 Å². The van der Waals surface area contributed by atoms with Crippen LogP contribution in [0.15, 0.2) is 24.3 Å². The molecular weight excluding hydrogens is 301 g/mol. The Bertz CT molecular complexity index is 567. The second kappa shape index (κ2) is 6.95. The van der Waals surface area contributed by atoms with Crippen LogP contribution < -0.4 is 0 Å². The van der Waals surface area contributed by atoms with Gasteiger partial charge in [0.2, 0.25) is 0 Å². The molecule has 0 N–H and O–H groups in total. The van der Waals surface area contributed by atoms with Crippen LogP contribution >= 0.6 is 0 Å². The molecule has 0 aromatic heterocycles. The Balaban J connectivity index is 1.80. The molecule has 0 radical (unpaired) electrons. The molecule has 2 aliphatic heterocycles. The summed E-state index contributed by atoms with van der Waals surface area (Å²) in [5.41, 5.74) is -0.429. The lowest BCUT2D eigenvalue weighted by Gasteiger charge is -2.43. The van der Waals surface area contributed by atoms with E-state index in [1.165, 1.54) is 12.1 Å². The molecule has 2 fully saturated rings. The molecule has 1 aromatic carbocycles. The molecule has 2 aliphatic rings. The van der Waals surface area contributed by atoms with E-state index in [9.17, 15) is 9.18 Å². The molecular formula is C17H22FNO4. The van der Waals surface area contributed by atoms with Crippen molar-refractivity contribution in [2.24, 2.45) is 0 Å². The van der Waals surface area contributed by atoms with Gasteiger partial charge in [-0.15, -0.1) is 0 Å². The second-order valence-corrected chi connectivity index (χ2v) is 6.01. The van der Waals surface area contributed by atoms with Crippen molar-refractivity contribution in [2.45, 2.75) is 25.0 Å². The first-order valence-corrected chi connectivity index (χ1v) is 8.00. The smallest absolute Gasteiger partial charge is 0.257 e. The number of ether oxygens (including phenoxy) is 3. The van der Waals surface area contributed by atoms with E-state index in [1.807, 2.05) is 6.92 Å². The van der Waals surface area contributed by atoms with Gasteiger partial charge in [0.15, 0.2) is 0 Å². The van der Waals surface area contributed by atoms with Crippen molar-refractivity contribution in [3.05, 3.63) is 35.6 Å². The zero-order chi connectivity index (χ0) is 16.3. The summed E-state index contributed by atoms with van der Waals surface area (Å²) in [6.07, 6.45) is 0.584. The molecule has 0 bridgehead atoms. The van der Waals surface area contributed by atoms with E-state index < -0.39 is 11.4 Å². The molecule has 5 nitrogen and oxygen atoms in total. The van der Waals surface area contributed by atoms with E-state index in [-0.39, 0.29) is 17.6 Å². The summed E-state index contributed by atoms with van der Waals surface area (Å²) in [6, 6.07) is 6.09. The predicted octanol–water partition coefficient (Wildman–Crippen LogP) is 1.86. The van der Waals surface area contributed by atoms with E-state index in [0.717, 1.165) is 0 Å². The van der Waals surface area contributed by atoms with Crippen LogP contribution in [-0.4, -0.2) is 62.0 Å². The minimum absolute atomic E-state index is 0.0624. The van der Waals surface area contributed by atoms with Gasteiger partial charge in [0, 0.05) is 19.6 Å². The van der Waals surface area contributed by atoms with Crippen molar-refractivity contribution in [2.75, 3.05) is 39.6 Å². The van der Waals surface area contributed by atoms with Crippen LogP contribution in [0.25, 0.3) is 0 Å². The maximum absolute atomic E-state index is 14.0. The van der Waals surface area contributed by atoms with Crippen LogP contribution in [0.5, 0.6) is 0 Å². The van der Waals surface area contributed by atoms with Crippen molar-refractivity contribution in [3.63, 3.8) is 0 Å². The van der Waals surface area contributed by atoms with Gasteiger partial charge in [-0.3, -0.25) is 4.79 Å². The largest absolute Gasteiger partial charge is 0.379 e. The first kappa shape index (κ1) is 16.4. The molecule has 2 saturated heterocycles. The SMILES string of the molecule is CCOC[C@@H]1C[C@@]2(COCCN2C(=O)c2ccccc2F)CO1. The fourth-order valence-corrected chi connectivity index (χ4v) is 3.29. The zero-order valence-electron chi connectivity index (χ0n) is 13.3. The molecule has 2 heterocycles. The molecule has 1 aromatic rings. The van der Waals surface area contributed by atoms with Crippen LogP contribution in [0.1, 0.15) is 23.7 Å². The first-order chi connectivity index (χ1) is 11.2. The average Bonchev–Trinajstić information content (AvgIpc) is 2.96. The minimum atomic E-state index is -0.528. The van der Waals surface area contributed by atoms with E-state index in [2.05, 4.69) is 0 Å². The number of rotatable bonds is 4. The quantitative estimate of drug-likeness (QED) is 0.849. The maximum atomic E-state index is 14.0. The highest BCUT2D eigenvalue weighted by Gasteiger charge is 2.49. The van der Waals surface area contributed by atoms with Crippen LogP contribution in [-0.2, 0) is 14.2 Å². The van der Waals surface area contributed by atoms with Gasteiger partial charge in [-0.05, 0) is 19.1 Å². The molecule has 0 saturated carbocycles. The molecule has 1 spiro atoms. The van der Waals surface area contributed by atoms with Crippen molar-refractivity contribution in [1.82, 2.24) is 4.90 Å². The fourth-order valence-electron chi connectivity index (χ4n) is 3.29.